The molecule has 3 aromatic rings. The highest BCUT2D eigenvalue weighted by Crippen LogP contribution is 2.30. The average molecular weight is 414 g/mol. The van der Waals surface area contributed by atoms with Gasteiger partial charge in [0.25, 0.3) is 0 Å². The molecule has 156 valence electrons. The lowest BCUT2D eigenvalue weighted by Crippen LogP contribution is -2.16. The Hall–Kier alpha value is -3.08. The fourth-order valence-electron chi connectivity index (χ4n) is 3.16. The van der Waals surface area contributed by atoms with E-state index in [2.05, 4.69) is 23.8 Å². The summed E-state index contributed by atoms with van der Waals surface area (Å²) in [4.78, 5) is 0. The van der Waals surface area contributed by atoms with Crippen LogP contribution >= 0.6 is 0 Å². The number of allylic oxidation sites excluding steroid dienone is 2. The van der Waals surface area contributed by atoms with E-state index in [9.17, 15) is 17.6 Å². The van der Waals surface area contributed by atoms with Crippen LogP contribution in [0.5, 0.6) is 5.75 Å². The molecule has 0 heterocycles. The van der Waals surface area contributed by atoms with E-state index in [0.29, 0.717) is 11.1 Å². The highest BCUT2D eigenvalue weighted by atomic mass is 19.4. The summed E-state index contributed by atoms with van der Waals surface area (Å²) in [5, 5.41) is 0. The van der Waals surface area contributed by atoms with E-state index in [1.54, 1.807) is 12.1 Å². The first kappa shape index (κ1) is 21.6. The van der Waals surface area contributed by atoms with E-state index in [1.807, 2.05) is 24.3 Å². The van der Waals surface area contributed by atoms with E-state index < -0.39 is 12.2 Å². The lowest BCUT2D eigenvalue weighted by atomic mass is 9.98. The van der Waals surface area contributed by atoms with Crippen molar-refractivity contribution in [2.45, 2.75) is 32.5 Å². The Bertz CT molecular complexity index is 987. The largest absolute Gasteiger partial charge is 0.573 e. The molecule has 0 spiro atoms. The molecule has 0 radical (unpaired) electrons. The molecule has 0 unspecified atom stereocenters. The highest BCUT2D eigenvalue weighted by molar-refractivity contribution is 5.71. The van der Waals surface area contributed by atoms with E-state index in [-0.39, 0.29) is 5.75 Å². The zero-order valence-corrected chi connectivity index (χ0v) is 16.5. The van der Waals surface area contributed by atoms with E-state index in [1.165, 1.54) is 35.9 Å². The summed E-state index contributed by atoms with van der Waals surface area (Å²) in [6.07, 6.45) is 2.54. The van der Waals surface area contributed by atoms with Gasteiger partial charge in [-0.2, -0.15) is 0 Å². The van der Waals surface area contributed by atoms with Crippen molar-refractivity contribution < 1.29 is 22.3 Å². The Balaban J connectivity index is 1.73. The minimum absolute atomic E-state index is 0.316. The Morgan fingerprint density at radius 1 is 0.800 bits per heavy atom. The van der Waals surface area contributed by atoms with Crippen LogP contribution in [0.1, 0.15) is 25.3 Å². The molecule has 0 amide bonds. The lowest BCUT2D eigenvalue weighted by Gasteiger charge is -2.10. The Morgan fingerprint density at radius 3 is 2.03 bits per heavy atom. The fraction of sp³-hybridized carbons (Fsp3) is 0.200. The summed E-state index contributed by atoms with van der Waals surface area (Å²) in [7, 11) is 0. The van der Waals surface area contributed by atoms with Gasteiger partial charge in [0, 0.05) is 5.56 Å². The number of hydrogen-bond acceptors (Lipinski definition) is 1. The molecule has 0 aliphatic heterocycles. The van der Waals surface area contributed by atoms with E-state index in [4.69, 9.17) is 0 Å². The molecule has 5 heteroatoms. The maximum atomic E-state index is 14.7. The first-order valence-corrected chi connectivity index (χ1v) is 9.76. The molecular weight excluding hydrogens is 392 g/mol. The molecule has 0 aliphatic carbocycles. The van der Waals surface area contributed by atoms with Crippen molar-refractivity contribution in [3.8, 4) is 28.0 Å². The van der Waals surface area contributed by atoms with Crippen molar-refractivity contribution in [3.05, 3.63) is 90.3 Å². The second kappa shape index (κ2) is 9.61. The van der Waals surface area contributed by atoms with Gasteiger partial charge in [-0.3, -0.25) is 0 Å². The molecule has 0 N–H and O–H groups in total. The summed E-state index contributed by atoms with van der Waals surface area (Å²) in [5.41, 5.74) is 3.66. The van der Waals surface area contributed by atoms with Crippen LogP contribution in [0.15, 0.2) is 78.9 Å². The zero-order valence-electron chi connectivity index (χ0n) is 16.5. The molecule has 0 aromatic heterocycles. The van der Waals surface area contributed by atoms with Gasteiger partial charge in [-0.25, -0.2) is 4.39 Å². The predicted molar refractivity (Wildman–Crippen MR) is 112 cm³/mol. The first-order valence-electron chi connectivity index (χ1n) is 9.76. The van der Waals surface area contributed by atoms with Crippen LogP contribution in [-0.4, -0.2) is 6.36 Å². The molecule has 1 nitrogen and oxygen atoms in total. The SMILES string of the molecule is CC/C=C/CCc1ccc(-c2ccc(-c3ccc(OC(F)(F)F)cc3)c(F)c2)cc1. The number of ether oxygens (including phenoxy) is 1. The minimum Gasteiger partial charge on any atom is -0.406 e. The Labute approximate surface area is 173 Å². The third-order valence-electron chi connectivity index (χ3n) is 4.66. The third-order valence-corrected chi connectivity index (χ3v) is 4.66. The van der Waals surface area contributed by atoms with Crippen molar-refractivity contribution in [2.24, 2.45) is 0 Å². The number of halogens is 4. The van der Waals surface area contributed by atoms with Crippen LogP contribution in [0.2, 0.25) is 0 Å². The van der Waals surface area contributed by atoms with Crippen molar-refractivity contribution in [3.63, 3.8) is 0 Å². The van der Waals surface area contributed by atoms with Crippen LogP contribution in [0.4, 0.5) is 17.6 Å². The second-order valence-electron chi connectivity index (χ2n) is 6.88. The summed E-state index contributed by atoms with van der Waals surface area (Å²) >= 11 is 0. The summed E-state index contributed by atoms with van der Waals surface area (Å²) in [6.45, 7) is 2.10. The van der Waals surface area contributed by atoms with Gasteiger partial charge >= 0.3 is 6.36 Å². The van der Waals surface area contributed by atoms with Gasteiger partial charge in [-0.15, -0.1) is 13.2 Å². The maximum absolute atomic E-state index is 14.7. The fourth-order valence-corrected chi connectivity index (χ4v) is 3.16. The molecule has 0 bridgehead atoms. The Morgan fingerprint density at radius 2 is 1.43 bits per heavy atom. The standard InChI is InChI=1S/C25H22F4O/c1-2-3-4-5-6-18-7-9-19(10-8-18)21-13-16-23(24(26)17-21)20-11-14-22(15-12-20)30-25(27,28)29/h3-4,7-17H,2,5-6H2,1H3/b4-3+. The van der Waals surface area contributed by atoms with Crippen molar-refractivity contribution in [1.29, 1.82) is 0 Å². The quantitative estimate of drug-likeness (QED) is 0.281. The maximum Gasteiger partial charge on any atom is 0.573 e. The number of benzene rings is 3. The van der Waals surface area contributed by atoms with Gasteiger partial charge in [-0.1, -0.05) is 67.6 Å². The molecule has 3 aromatic carbocycles. The van der Waals surface area contributed by atoms with E-state index >= 15 is 0 Å². The molecule has 0 fully saturated rings. The lowest BCUT2D eigenvalue weighted by molar-refractivity contribution is -0.274. The van der Waals surface area contributed by atoms with Gasteiger partial charge < -0.3 is 4.74 Å². The number of alkyl halides is 3. The van der Waals surface area contributed by atoms with Crippen LogP contribution in [-0.2, 0) is 6.42 Å². The first-order chi connectivity index (χ1) is 14.4. The van der Waals surface area contributed by atoms with Crippen LogP contribution in [0, 0.1) is 5.82 Å². The smallest absolute Gasteiger partial charge is 0.406 e. The average Bonchev–Trinajstić information content (AvgIpc) is 2.71. The van der Waals surface area contributed by atoms with Gasteiger partial charge in [0.2, 0.25) is 0 Å². The van der Waals surface area contributed by atoms with E-state index in [0.717, 1.165) is 30.4 Å². The van der Waals surface area contributed by atoms with Crippen molar-refractivity contribution >= 4 is 0 Å². The normalized spacial score (nSPS) is 11.8. The van der Waals surface area contributed by atoms with Gasteiger partial charge in [-0.05, 0) is 59.7 Å². The number of hydrogen-bond donors (Lipinski definition) is 0. The minimum atomic E-state index is -4.75. The van der Waals surface area contributed by atoms with Gasteiger partial charge in [0.05, 0.1) is 0 Å². The summed E-state index contributed by atoms with van der Waals surface area (Å²) in [6, 6.07) is 18.0. The molecule has 0 atom stereocenters. The molecule has 0 aliphatic rings. The highest BCUT2D eigenvalue weighted by Gasteiger charge is 2.31. The molecule has 0 saturated heterocycles. The second-order valence-corrected chi connectivity index (χ2v) is 6.88. The monoisotopic (exact) mass is 414 g/mol. The molecule has 30 heavy (non-hydrogen) atoms. The summed E-state index contributed by atoms with van der Waals surface area (Å²) in [5.74, 6) is -0.778. The summed E-state index contributed by atoms with van der Waals surface area (Å²) < 4.78 is 55.3. The Kier molecular flexibility index (Phi) is 6.93. The van der Waals surface area contributed by atoms with Gasteiger partial charge in [0.15, 0.2) is 0 Å². The zero-order chi connectivity index (χ0) is 21.6. The topological polar surface area (TPSA) is 9.23 Å². The third kappa shape index (κ3) is 5.96. The van der Waals surface area contributed by atoms with Gasteiger partial charge in [0.1, 0.15) is 11.6 Å². The van der Waals surface area contributed by atoms with Crippen LogP contribution in [0.25, 0.3) is 22.3 Å². The number of rotatable bonds is 7. The van der Waals surface area contributed by atoms with Crippen molar-refractivity contribution in [2.75, 3.05) is 0 Å². The molecule has 3 rings (SSSR count). The van der Waals surface area contributed by atoms with Crippen molar-refractivity contribution in [1.82, 2.24) is 0 Å². The van der Waals surface area contributed by atoms with Crippen LogP contribution < -0.4 is 4.74 Å². The predicted octanol–water partition coefficient (Wildman–Crippen LogP) is 7.96. The molecule has 0 saturated carbocycles. The van der Waals surface area contributed by atoms with Crippen LogP contribution in [0.3, 0.4) is 0 Å². The molecular formula is C25H22F4O. The number of aryl methyl sites for hydroxylation is 1.